The molecule has 1 saturated heterocycles. The van der Waals surface area contributed by atoms with Gasteiger partial charge in [-0.3, -0.25) is 4.98 Å². The average Bonchev–Trinajstić information content (AvgIpc) is 2.47. The molecule has 6 heteroatoms. The third-order valence-electron chi connectivity index (χ3n) is 3.61. The van der Waals surface area contributed by atoms with Gasteiger partial charge >= 0.3 is 0 Å². The molecular formula is C12H20N4O2. The summed E-state index contributed by atoms with van der Waals surface area (Å²) < 4.78 is 10.6. The molecule has 0 amide bonds. The quantitative estimate of drug-likeness (QED) is 0.837. The topological polar surface area (TPSA) is 73.5 Å². The molecule has 0 radical (unpaired) electrons. The number of nitrogens with zero attached hydrogens (tertiary/aromatic N) is 3. The summed E-state index contributed by atoms with van der Waals surface area (Å²) in [6, 6.07) is 0. The Morgan fingerprint density at radius 2 is 2.06 bits per heavy atom. The number of piperidine rings is 1. The van der Waals surface area contributed by atoms with Crippen LogP contribution in [0.1, 0.15) is 12.8 Å². The van der Waals surface area contributed by atoms with E-state index in [1.54, 1.807) is 26.6 Å². The van der Waals surface area contributed by atoms with E-state index in [0.717, 1.165) is 31.7 Å². The Morgan fingerprint density at radius 1 is 1.33 bits per heavy atom. The second-order valence-electron chi connectivity index (χ2n) is 4.50. The van der Waals surface area contributed by atoms with Crippen LogP contribution >= 0.6 is 0 Å². The zero-order valence-corrected chi connectivity index (χ0v) is 10.9. The first kappa shape index (κ1) is 13.0. The van der Waals surface area contributed by atoms with E-state index in [-0.39, 0.29) is 5.60 Å². The predicted molar refractivity (Wildman–Crippen MR) is 68.8 cm³/mol. The number of rotatable bonds is 4. The maximum Gasteiger partial charge on any atom is 0.233 e. The first-order chi connectivity index (χ1) is 8.73. The zero-order valence-electron chi connectivity index (χ0n) is 10.9. The minimum absolute atomic E-state index is 0.178. The summed E-state index contributed by atoms with van der Waals surface area (Å²) in [6.07, 6.45) is 5.16. The Bertz CT molecular complexity index is 385. The standard InChI is InChI=1S/C12H20N4O2/c1-17-11-8-14-7-10(15-11)16-5-3-12(9-13,18-2)4-6-16/h7-8H,3-6,9,13H2,1-2H3. The fraction of sp³-hybridized carbons (Fsp3) is 0.667. The lowest BCUT2D eigenvalue weighted by molar-refractivity contribution is -0.0216. The summed E-state index contributed by atoms with van der Waals surface area (Å²) in [5.41, 5.74) is 5.61. The number of ether oxygens (including phenoxy) is 2. The van der Waals surface area contributed by atoms with Gasteiger partial charge < -0.3 is 20.1 Å². The van der Waals surface area contributed by atoms with Gasteiger partial charge in [-0.1, -0.05) is 0 Å². The molecule has 0 atom stereocenters. The van der Waals surface area contributed by atoms with Gasteiger partial charge in [-0.15, -0.1) is 0 Å². The highest BCUT2D eigenvalue weighted by Gasteiger charge is 2.33. The highest BCUT2D eigenvalue weighted by Crippen LogP contribution is 2.27. The van der Waals surface area contributed by atoms with Crippen molar-refractivity contribution in [1.82, 2.24) is 9.97 Å². The van der Waals surface area contributed by atoms with Crippen molar-refractivity contribution < 1.29 is 9.47 Å². The molecule has 2 heterocycles. The van der Waals surface area contributed by atoms with Gasteiger partial charge in [0.15, 0.2) is 5.82 Å². The summed E-state index contributed by atoms with van der Waals surface area (Å²) in [5, 5.41) is 0. The Labute approximate surface area is 107 Å². The minimum atomic E-state index is -0.178. The van der Waals surface area contributed by atoms with Gasteiger partial charge in [-0.25, -0.2) is 0 Å². The zero-order chi connectivity index (χ0) is 13.0. The normalized spacial score (nSPS) is 18.7. The van der Waals surface area contributed by atoms with E-state index in [1.165, 1.54) is 0 Å². The van der Waals surface area contributed by atoms with Gasteiger partial charge in [0.1, 0.15) is 0 Å². The molecule has 1 aliphatic rings. The molecule has 2 rings (SSSR count). The number of anilines is 1. The highest BCUT2D eigenvalue weighted by atomic mass is 16.5. The molecule has 0 unspecified atom stereocenters. The van der Waals surface area contributed by atoms with Crippen LogP contribution in [-0.4, -0.2) is 49.4 Å². The molecule has 0 aliphatic carbocycles. The van der Waals surface area contributed by atoms with Crippen molar-refractivity contribution in [3.8, 4) is 5.88 Å². The molecule has 1 aromatic rings. The van der Waals surface area contributed by atoms with Crippen LogP contribution in [0.15, 0.2) is 12.4 Å². The van der Waals surface area contributed by atoms with Crippen molar-refractivity contribution in [1.29, 1.82) is 0 Å². The van der Waals surface area contributed by atoms with Crippen LogP contribution in [0.2, 0.25) is 0 Å². The van der Waals surface area contributed by atoms with Crippen LogP contribution in [0, 0.1) is 0 Å². The van der Waals surface area contributed by atoms with E-state index < -0.39 is 0 Å². The van der Waals surface area contributed by atoms with Gasteiger partial charge in [0, 0.05) is 26.7 Å². The largest absolute Gasteiger partial charge is 0.480 e. The van der Waals surface area contributed by atoms with Crippen LogP contribution in [0.25, 0.3) is 0 Å². The number of aromatic nitrogens is 2. The lowest BCUT2D eigenvalue weighted by atomic mass is 9.91. The third-order valence-corrected chi connectivity index (χ3v) is 3.61. The highest BCUT2D eigenvalue weighted by molar-refractivity contribution is 5.38. The molecule has 1 fully saturated rings. The van der Waals surface area contributed by atoms with Crippen molar-refractivity contribution in [2.75, 3.05) is 38.8 Å². The van der Waals surface area contributed by atoms with E-state index >= 15 is 0 Å². The van der Waals surface area contributed by atoms with Crippen LogP contribution in [0.5, 0.6) is 5.88 Å². The molecule has 0 bridgehead atoms. The Hall–Kier alpha value is -1.40. The Morgan fingerprint density at radius 3 is 2.61 bits per heavy atom. The van der Waals surface area contributed by atoms with Gasteiger partial charge in [-0.2, -0.15) is 4.98 Å². The smallest absolute Gasteiger partial charge is 0.233 e. The molecule has 0 aromatic carbocycles. The van der Waals surface area contributed by atoms with E-state index in [4.69, 9.17) is 15.2 Å². The minimum Gasteiger partial charge on any atom is -0.480 e. The number of nitrogens with two attached hydrogens (primary N) is 1. The number of hydrogen-bond acceptors (Lipinski definition) is 6. The molecule has 100 valence electrons. The number of methoxy groups -OCH3 is 2. The molecule has 0 saturated carbocycles. The fourth-order valence-corrected chi connectivity index (χ4v) is 2.22. The van der Waals surface area contributed by atoms with Crippen LogP contribution in [-0.2, 0) is 4.74 Å². The molecular weight excluding hydrogens is 232 g/mol. The van der Waals surface area contributed by atoms with E-state index in [1.807, 2.05) is 0 Å². The second-order valence-corrected chi connectivity index (χ2v) is 4.50. The average molecular weight is 252 g/mol. The Balaban J connectivity index is 2.04. The van der Waals surface area contributed by atoms with Gasteiger partial charge in [0.05, 0.1) is 25.1 Å². The molecule has 18 heavy (non-hydrogen) atoms. The van der Waals surface area contributed by atoms with Crippen molar-refractivity contribution in [3.63, 3.8) is 0 Å². The molecule has 1 aromatic heterocycles. The van der Waals surface area contributed by atoms with Gasteiger partial charge in [-0.05, 0) is 12.8 Å². The van der Waals surface area contributed by atoms with Crippen molar-refractivity contribution >= 4 is 5.82 Å². The second kappa shape index (κ2) is 5.49. The Kier molecular flexibility index (Phi) is 3.98. The number of hydrogen-bond donors (Lipinski definition) is 1. The summed E-state index contributed by atoms with van der Waals surface area (Å²) in [7, 11) is 3.32. The monoisotopic (exact) mass is 252 g/mol. The van der Waals surface area contributed by atoms with Crippen molar-refractivity contribution in [3.05, 3.63) is 12.4 Å². The van der Waals surface area contributed by atoms with Crippen molar-refractivity contribution in [2.24, 2.45) is 5.73 Å². The van der Waals surface area contributed by atoms with Crippen LogP contribution in [0.3, 0.4) is 0 Å². The molecule has 6 nitrogen and oxygen atoms in total. The summed E-state index contributed by atoms with van der Waals surface area (Å²) in [5.74, 6) is 1.38. The third kappa shape index (κ3) is 2.54. The SMILES string of the molecule is COc1cncc(N2CCC(CN)(OC)CC2)n1. The lowest BCUT2D eigenvalue weighted by Crippen LogP contribution is -2.50. The maximum absolute atomic E-state index is 5.79. The van der Waals surface area contributed by atoms with Crippen molar-refractivity contribution in [2.45, 2.75) is 18.4 Å². The van der Waals surface area contributed by atoms with E-state index in [0.29, 0.717) is 12.4 Å². The summed E-state index contributed by atoms with van der Waals surface area (Å²) in [6.45, 7) is 2.29. The van der Waals surface area contributed by atoms with Gasteiger partial charge in [0.25, 0.3) is 0 Å². The van der Waals surface area contributed by atoms with E-state index in [9.17, 15) is 0 Å². The molecule has 2 N–H and O–H groups in total. The van der Waals surface area contributed by atoms with E-state index in [2.05, 4.69) is 14.9 Å². The summed E-state index contributed by atoms with van der Waals surface area (Å²) >= 11 is 0. The molecule has 1 aliphatic heterocycles. The fourth-order valence-electron chi connectivity index (χ4n) is 2.22. The molecule has 0 spiro atoms. The lowest BCUT2D eigenvalue weighted by Gasteiger charge is -2.40. The first-order valence-corrected chi connectivity index (χ1v) is 6.09. The summed E-state index contributed by atoms with van der Waals surface area (Å²) in [4.78, 5) is 10.7. The van der Waals surface area contributed by atoms with Gasteiger partial charge in [0.2, 0.25) is 5.88 Å². The maximum atomic E-state index is 5.79. The van der Waals surface area contributed by atoms with Crippen LogP contribution < -0.4 is 15.4 Å². The first-order valence-electron chi connectivity index (χ1n) is 6.09. The van der Waals surface area contributed by atoms with Crippen LogP contribution in [0.4, 0.5) is 5.82 Å². The predicted octanol–water partition coefficient (Wildman–Crippen LogP) is 0.429.